The second-order valence-electron chi connectivity index (χ2n) is 6.70. The Morgan fingerprint density at radius 1 is 1.19 bits per heavy atom. The van der Waals surface area contributed by atoms with Gasteiger partial charge in [-0.05, 0) is 31.3 Å². The van der Waals surface area contributed by atoms with Crippen LogP contribution in [0.3, 0.4) is 0 Å². The van der Waals surface area contributed by atoms with Gasteiger partial charge in [0.2, 0.25) is 0 Å². The summed E-state index contributed by atoms with van der Waals surface area (Å²) < 4.78 is 33.2. The lowest BCUT2D eigenvalue weighted by molar-refractivity contribution is 0.194. The molecule has 27 heavy (non-hydrogen) atoms. The number of anilines is 1. The van der Waals surface area contributed by atoms with Gasteiger partial charge in [0.1, 0.15) is 24.1 Å². The zero-order valence-electron chi connectivity index (χ0n) is 15.1. The largest absolute Gasteiger partial charge is 0.449 e. The van der Waals surface area contributed by atoms with Gasteiger partial charge in [0.25, 0.3) is 0 Å². The number of hydrogen-bond donors (Lipinski definition) is 0. The van der Waals surface area contributed by atoms with Gasteiger partial charge in [0.05, 0.1) is 5.69 Å². The third-order valence-corrected chi connectivity index (χ3v) is 4.75. The van der Waals surface area contributed by atoms with Crippen LogP contribution in [0.25, 0.3) is 11.3 Å². The van der Waals surface area contributed by atoms with Gasteiger partial charge in [-0.25, -0.2) is 23.7 Å². The molecule has 0 aliphatic carbocycles. The highest BCUT2D eigenvalue weighted by Gasteiger charge is 2.33. The Hall–Kier alpha value is -2.87. The van der Waals surface area contributed by atoms with Gasteiger partial charge in [0, 0.05) is 38.2 Å². The quantitative estimate of drug-likeness (QED) is 0.687. The standard InChI is InChI=1S/C19H19F2N5O/c1-12-24-15(10-27-12)7-25(2)16-8-26(9-16)19-17(21)18(22-11-23-19)13-3-5-14(20)6-4-13/h3-6,10-11,16H,7-9H2,1-2H3. The molecule has 1 fully saturated rings. The average Bonchev–Trinajstić information content (AvgIpc) is 3.01. The first kappa shape index (κ1) is 17.5. The summed E-state index contributed by atoms with van der Waals surface area (Å²) in [5.41, 5.74) is 1.57. The Balaban J connectivity index is 1.44. The Kier molecular flexibility index (Phi) is 4.57. The van der Waals surface area contributed by atoms with E-state index in [9.17, 15) is 8.78 Å². The van der Waals surface area contributed by atoms with Gasteiger partial charge in [0.15, 0.2) is 17.5 Å². The third-order valence-electron chi connectivity index (χ3n) is 4.75. The first-order chi connectivity index (χ1) is 13.0. The summed E-state index contributed by atoms with van der Waals surface area (Å²) in [6.45, 7) is 3.79. The van der Waals surface area contributed by atoms with Gasteiger partial charge in [-0.3, -0.25) is 4.90 Å². The molecule has 8 heteroatoms. The SMILES string of the molecule is Cc1nc(CN(C)C2CN(c3ncnc(-c4ccc(F)cc4)c3F)C2)co1. The number of oxazole rings is 1. The molecule has 140 valence electrons. The first-order valence-corrected chi connectivity index (χ1v) is 8.64. The predicted molar refractivity (Wildman–Crippen MR) is 96.1 cm³/mol. The third kappa shape index (κ3) is 3.52. The maximum atomic E-state index is 14.9. The Morgan fingerprint density at radius 2 is 1.93 bits per heavy atom. The molecule has 0 N–H and O–H groups in total. The van der Waals surface area contributed by atoms with E-state index in [2.05, 4.69) is 19.9 Å². The van der Waals surface area contributed by atoms with Crippen LogP contribution in [0.5, 0.6) is 0 Å². The summed E-state index contributed by atoms with van der Waals surface area (Å²) in [6, 6.07) is 5.87. The van der Waals surface area contributed by atoms with Crippen molar-refractivity contribution >= 4 is 5.82 Å². The molecule has 1 aliphatic rings. The van der Waals surface area contributed by atoms with Gasteiger partial charge in [-0.15, -0.1) is 0 Å². The summed E-state index contributed by atoms with van der Waals surface area (Å²) in [5.74, 6) is 0.0537. The monoisotopic (exact) mass is 371 g/mol. The molecule has 0 atom stereocenters. The van der Waals surface area contributed by atoms with Crippen LogP contribution in [-0.2, 0) is 6.54 Å². The van der Waals surface area contributed by atoms with E-state index >= 15 is 0 Å². The molecule has 0 unspecified atom stereocenters. The number of likely N-dealkylation sites (N-methyl/N-ethyl adjacent to an activating group) is 1. The minimum absolute atomic E-state index is 0.176. The minimum atomic E-state index is -0.489. The van der Waals surface area contributed by atoms with E-state index in [1.807, 2.05) is 18.9 Å². The lowest BCUT2D eigenvalue weighted by Crippen LogP contribution is -2.58. The van der Waals surface area contributed by atoms with Crippen LogP contribution in [0.4, 0.5) is 14.6 Å². The van der Waals surface area contributed by atoms with Crippen molar-refractivity contribution in [2.24, 2.45) is 0 Å². The molecule has 4 rings (SSSR count). The smallest absolute Gasteiger partial charge is 0.191 e. The predicted octanol–water partition coefficient (Wildman–Crippen LogP) is 3.04. The van der Waals surface area contributed by atoms with Crippen molar-refractivity contribution in [3.8, 4) is 11.3 Å². The van der Waals surface area contributed by atoms with E-state index in [1.54, 1.807) is 6.26 Å². The first-order valence-electron chi connectivity index (χ1n) is 8.64. The molecule has 6 nitrogen and oxygen atoms in total. The zero-order valence-corrected chi connectivity index (χ0v) is 15.1. The van der Waals surface area contributed by atoms with Crippen molar-refractivity contribution in [1.82, 2.24) is 19.9 Å². The normalized spacial score (nSPS) is 14.6. The molecular formula is C19H19F2N5O. The van der Waals surface area contributed by atoms with Crippen molar-refractivity contribution in [2.75, 3.05) is 25.0 Å². The number of halogens is 2. The van der Waals surface area contributed by atoms with Crippen LogP contribution < -0.4 is 4.90 Å². The molecule has 1 aliphatic heterocycles. The van der Waals surface area contributed by atoms with E-state index in [-0.39, 0.29) is 23.4 Å². The maximum Gasteiger partial charge on any atom is 0.191 e. The second-order valence-corrected chi connectivity index (χ2v) is 6.70. The van der Waals surface area contributed by atoms with Gasteiger partial charge >= 0.3 is 0 Å². The van der Waals surface area contributed by atoms with Crippen molar-refractivity contribution in [2.45, 2.75) is 19.5 Å². The van der Waals surface area contributed by atoms with Crippen LogP contribution in [0.15, 0.2) is 41.3 Å². The summed E-state index contributed by atoms with van der Waals surface area (Å²) in [6.07, 6.45) is 2.99. The van der Waals surface area contributed by atoms with Gasteiger partial charge in [-0.1, -0.05) is 0 Å². The molecule has 0 amide bonds. The fourth-order valence-corrected chi connectivity index (χ4v) is 3.16. The number of aromatic nitrogens is 3. The van der Waals surface area contributed by atoms with E-state index in [1.165, 1.54) is 30.6 Å². The molecular weight excluding hydrogens is 352 g/mol. The fraction of sp³-hybridized carbons (Fsp3) is 0.316. The van der Waals surface area contributed by atoms with Crippen molar-refractivity contribution < 1.29 is 13.2 Å². The number of hydrogen-bond acceptors (Lipinski definition) is 6. The summed E-state index contributed by atoms with van der Waals surface area (Å²) in [4.78, 5) is 16.5. The number of benzene rings is 1. The van der Waals surface area contributed by atoms with E-state index in [4.69, 9.17) is 4.42 Å². The number of nitrogens with zero attached hydrogens (tertiary/aromatic N) is 5. The Morgan fingerprint density at radius 3 is 2.59 bits per heavy atom. The minimum Gasteiger partial charge on any atom is -0.449 e. The molecule has 1 saturated heterocycles. The summed E-state index contributed by atoms with van der Waals surface area (Å²) in [7, 11) is 2.01. The fourth-order valence-electron chi connectivity index (χ4n) is 3.16. The number of aryl methyl sites for hydroxylation is 1. The molecule has 3 heterocycles. The highest BCUT2D eigenvalue weighted by Crippen LogP contribution is 2.29. The van der Waals surface area contributed by atoms with Crippen LogP contribution in [0.2, 0.25) is 0 Å². The van der Waals surface area contributed by atoms with Crippen molar-refractivity contribution in [3.63, 3.8) is 0 Å². The molecule has 2 aromatic heterocycles. The van der Waals surface area contributed by atoms with Crippen molar-refractivity contribution in [3.05, 3.63) is 60.1 Å². The number of rotatable bonds is 5. The maximum absolute atomic E-state index is 14.9. The average molecular weight is 371 g/mol. The van der Waals surface area contributed by atoms with Gasteiger partial charge < -0.3 is 9.32 Å². The topological polar surface area (TPSA) is 58.3 Å². The van der Waals surface area contributed by atoms with E-state index < -0.39 is 5.82 Å². The molecule has 0 radical (unpaired) electrons. The molecule has 0 spiro atoms. The van der Waals surface area contributed by atoms with Crippen LogP contribution in [0.1, 0.15) is 11.6 Å². The molecule has 3 aromatic rings. The summed E-state index contributed by atoms with van der Waals surface area (Å²) in [5, 5.41) is 0. The highest BCUT2D eigenvalue weighted by molar-refractivity contribution is 5.64. The van der Waals surface area contributed by atoms with Crippen LogP contribution in [-0.4, -0.2) is 46.0 Å². The van der Waals surface area contributed by atoms with Gasteiger partial charge in [-0.2, -0.15) is 0 Å². The second kappa shape index (κ2) is 7.03. The Bertz CT molecular complexity index is 938. The van der Waals surface area contributed by atoms with Crippen molar-refractivity contribution in [1.29, 1.82) is 0 Å². The summed E-state index contributed by atoms with van der Waals surface area (Å²) >= 11 is 0. The van der Waals surface area contributed by atoms with E-state index in [0.717, 1.165) is 5.69 Å². The lowest BCUT2D eigenvalue weighted by atomic mass is 10.1. The highest BCUT2D eigenvalue weighted by atomic mass is 19.1. The Labute approximate surface area is 155 Å². The zero-order chi connectivity index (χ0) is 19.0. The van der Waals surface area contributed by atoms with Crippen LogP contribution in [0, 0.1) is 18.6 Å². The molecule has 0 saturated carbocycles. The molecule has 1 aromatic carbocycles. The van der Waals surface area contributed by atoms with E-state index in [0.29, 0.717) is 31.1 Å². The lowest BCUT2D eigenvalue weighted by Gasteiger charge is -2.44. The van der Waals surface area contributed by atoms with Crippen LogP contribution >= 0.6 is 0 Å². The molecule has 0 bridgehead atoms.